The van der Waals surface area contributed by atoms with E-state index in [-0.39, 0.29) is 23.5 Å². The summed E-state index contributed by atoms with van der Waals surface area (Å²) in [4.78, 5) is 18.6. The van der Waals surface area contributed by atoms with Crippen LogP contribution in [0.1, 0.15) is 17.7 Å². The summed E-state index contributed by atoms with van der Waals surface area (Å²) in [5.41, 5.74) is 0.832. The van der Waals surface area contributed by atoms with E-state index >= 15 is 0 Å². The first-order valence-electron chi connectivity index (χ1n) is 8.01. The Morgan fingerprint density at radius 3 is 2.80 bits per heavy atom. The number of nitrogens with one attached hydrogen (secondary N) is 1. The second-order valence-corrected chi connectivity index (χ2v) is 7.84. The van der Waals surface area contributed by atoms with E-state index < -0.39 is 10.0 Å². The number of hydrogen-bond acceptors (Lipinski definition) is 6. The van der Waals surface area contributed by atoms with E-state index in [0.717, 1.165) is 6.42 Å². The maximum absolute atomic E-state index is 13.0. The fraction of sp³-hybridized carbons (Fsp3) is 0.375. The summed E-state index contributed by atoms with van der Waals surface area (Å²) in [5, 5.41) is 0. The zero-order valence-corrected chi connectivity index (χ0v) is 14.2. The molecule has 1 aromatic heterocycles. The van der Waals surface area contributed by atoms with Gasteiger partial charge >= 0.3 is 0 Å². The van der Waals surface area contributed by atoms with Crippen LogP contribution in [0.4, 0.5) is 0 Å². The molecule has 0 radical (unpaired) electrons. The molecule has 0 unspecified atom stereocenters. The highest BCUT2D eigenvalue weighted by molar-refractivity contribution is 7.89. The monoisotopic (exact) mass is 363 g/mol. The van der Waals surface area contributed by atoms with Gasteiger partial charge < -0.3 is 14.5 Å². The number of fused-ring (bicyclic) bond motifs is 2. The molecule has 2 aromatic rings. The van der Waals surface area contributed by atoms with E-state index in [9.17, 15) is 13.2 Å². The normalized spacial score (nSPS) is 17.6. The molecule has 132 valence electrons. The van der Waals surface area contributed by atoms with Crippen LogP contribution in [0.3, 0.4) is 0 Å². The van der Waals surface area contributed by atoms with Gasteiger partial charge in [0.1, 0.15) is 0 Å². The number of aromatic amines is 1. The van der Waals surface area contributed by atoms with Crippen LogP contribution in [-0.4, -0.2) is 42.4 Å². The van der Waals surface area contributed by atoms with E-state index in [0.29, 0.717) is 42.4 Å². The molecular weight excluding hydrogens is 346 g/mol. The minimum atomic E-state index is -3.72. The lowest BCUT2D eigenvalue weighted by Gasteiger charge is -2.26. The van der Waals surface area contributed by atoms with Crippen molar-refractivity contribution in [2.45, 2.75) is 24.3 Å². The van der Waals surface area contributed by atoms with E-state index in [4.69, 9.17) is 9.47 Å². The van der Waals surface area contributed by atoms with Crippen LogP contribution in [0, 0.1) is 0 Å². The first-order chi connectivity index (χ1) is 12.1. The molecule has 0 saturated heterocycles. The van der Waals surface area contributed by atoms with E-state index in [2.05, 4.69) is 9.97 Å². The summed E-state index contributed by atoms with van der Waals surface area (Å²) in [6.45, 7) is 1.34. The fourth-order valence-corrected chi connectivity index (χ4v) is 4.42. The summed E-state index contributed by atoms with van der Waals surface area (Å²) in [7, 11) is -3.72. The number of rotatable bonds is 2. The van der Waals surface area contributed by atoms with Crippen molar-refractivity contribution >= 4 is 10.0 Å². The lowest BCUT2D eigenvalue weighted by Crippen LogP contribution is -2.38. The van der Waals surface area contributed by atoms with Crippen LogP contribution in [0.15, 0.2) is 34.2 Å². The van der Waals surface area contributed by atoms with Crippen LogP contribution in [0.25, 0.3) is 0 Å². The van der Waals surface area contributed by atoms with Crippen molar-refractivity contribution in [2.24, 2.45) is 0 Å². The van der Waals surface area contributed by atoms with Gasteiger partial charge in [-0.1, -0.05) is 0 Å². The first-order valence-corrected chi connectivity index (χ1v) is 9.45. The number of nitrogens with zero attached hydrogens (tertiary/aromatic N) is 2. The molecule has 25 heavy (non-hydrogen) atoms. The van der Waals surface area contributed by atoms with Crippen LogP contribution < -0.4 is 15.0 Å². The number of sulfonamides is 1. The van der Waals surface area contributed by atoms with Crippen molar-refractivity contribution in [1.29, 1.82) is 0 Å². The summed E-state index contributed by atoms with van der Waals surface area (Å²) < 4.78 is 38.4. The van der Waals surface area contributed by atoms with Crippen molar-refractivity contribution in [1.82, 2.24) is 14.3 Å². The number of benzene rings is 1. The van der Waals surface area contributed by atoms with Gasteiger partial charge in [0, 0.05) is 24.6 Å². The van der Waals surface area contributed by atoms with Gasteiger partial charge in [0.15, 0.2) is 11.5 Å². The average molecular weight is 363 g/mol. The van der Waals surface area contributed by atoms with Crippen LogP contribution in [0.2, 0.25) is 0 Å². The van der Waals surface area contributed by atoms with Gasteiger partial charge in [0.25, 0.3) is 5.56 Å². The summed E-state index contributed by atoms with van der Waals surface area (Å²) in [6, 6.07) is 4.63. The predicted molar refractivity (Wildman–Crippen MR) is 88.2 cm³/mol. The SMILES string of the molecule is O=c1[nH]cnc2c1CCN(S(=O)(=O)c1ccc3c(c1)OCCCO3)C2. The van der Waals surface area contributed by atoms with Crippen molar-refractivity contribution in [2.75, 3.05) is 19.8 Å². The molecule has 3 heterocycles. The Labute approximate surface area is 144 Å². The molecule has 8 nitrogen and oxygen atoms in total. The minimum absolute atomic E-state index is 0.0794. The lowest BCUT2D eigenvalue weighted by molar-refractivity contribution is 0.296. The zero-order valence-electron chi connectivity index (χ0n) is 13.4. The third-order valence-corrected chi connectivity index (χ3v) is 6.17. The summed E-state index contributed by atoms with van der Waals surface area (Å²) >= 11 is 0. The van der Waals surface area contributed by atoms with Crippen LogP contribution in [0.5, 0.6) is 11.5 Å². The molecule has 4 rings (SSSR count). The predicted octanol–water partition coefficient (Wildman–Crippen LogP) is 0.678. The van der Waals surface area contributed by atoms with Crippen molar-refractivity contribution < 1.29 is 17.9 Å². The zero-order chi connectivity index (χ0) is 17.4. The number of aromatic nitrogens is 2. The summed E-state index contributed by atoms with van der Waals surface area (Å²) in [5.74, 6) is 0.985. The Balaban J connectivity index is 1.66. The van der Waals surface area contributed by atoms with E-state index in [1.54, 1.807) is 6.07 Å². The van der Waals surface area contributed by atoms with Gasteiger partial charge in [0.2, 0.25) is 10.0 Å². The number of hydrogen-bond donors (Lipinski definition) is 1. The maximum Gasteiger partial charge on any atom is 0.254 e. The number of H-pyrrole nitrogens is 1. The average Bonchev–Trinajstić information content (AvgIpc) is 2.86. The van der Waals surface area contributed by atoms with E-state index in [1.165, 1.54) is 22.8 Å². The molecule has 0 aliphatic carbocycles. The molecule has 2 aliphatic rings. The third kappa shape index (κ3) is 2.89. The molecular formula is C16H17N3O5S. The molecule has 0 saturated carbocycles. The third-order valence-electron chi connectivity index (χ3n) is 4.33. The molecule has 0 bridgehead atoms. The highest BCUT2D eigenvalue weighted by atomic mass is 32.2. The van der Waals surface area contributed by atoms with Crippen molar-refractivity contribution in [3.05, 3.63) is 46.1 Å². The van der Waals surface area contributed by atoms with Gasteiger partial charge in [-0.25, -0.2) is 13.4 Å². The molecule has 1 aromatic carbocycles. The minimum Gasteiger partial charge on any atom is -0.490 e. The van der Waals surface area contributed by atoms with Crippen molar-refractivity contribution in [3.63, 3.8) is 0 Å². The van der Waals surface area contributed by atoms with Gasteiger partial charge in [-0.2, -0.15) is 4.31 Å². The summed E-state index contributed by atoms with van der Waals surface area (Å²) in [6.07, 6.45) is 2.38. The second kappa shape index (κ2) is 6.16. The van der Waals surface area contributed by atoms with Gasteiger partial charge in [0.05, 0.1) is 36.7 Å². The maximum atomic E-state index is 13.0. The Morgan fingerprint density at radius 2 is 1.96 bits per heavy atom. The Kier molecular flexibility index (Phi) is 3.97. The Hall–Kier alpha value is -2.39. The number of ether oxygens (including phenoxy) is 2. The van der Waals surface area contributed by atoms with Crippen LogP contribution >= 0.6 is 0 Å². The Morgan fingerprint density at radius 1 is 1.16 bits per heavy atom. The van der Waals surface area contributed by atoms with Gasteiger partial charge in [-0.05, 0) is 18.6 Å². The highest BCUT2D eigenvalue weighted by Crippen LogP contribution is 2.33. The topological polar surface area (TPSA) is 102 Å². The second-order valence-electron chi connectivity index (χ2n) is 5.90. The molecule has 0 spiro atoms. The lowest BCUT2D eigenvalue weighted by atomic mass is 10.1. The molecule has 0 amide bonds. The van der Waals surface area contributed by atoms with Gasteiger partial charge in [-0.3, -0.25) is 4.79 Å². The molecule has 1 N–H and O–H groups in total. The molecule has 2 aliphatic heterocycles. The molecule has 9 heteroatoms. The Bertz CT molecular complexity index is 970. The van der Waals surface area contributed by atoms with Crippen molar-refractivity contribution in [3.8, 4) is 11.5 Å². The molecule has 0 fully saturated rings. The quantitative estimate of drug-likeness (QED) is 0.842. The van der Waals surface area contributed by atoms with E-state index in [1.807, 2.05) is 0 Å². The smallest absolute Gasteiger partial charge is 0.254 e. The molecule has 0 atom stereocenters. The largest absolute Gasteiger partial charge is 0.490 e. The van der Waals surface area contributed by atoms with Gasteiger partial charge in [-0.15, -0.1) is 0 Å². The first kappa shape index (κ1) is 16.1. The fourth-order valence-electron chi connectivity index (χ4n) is 3.00. The highest BCUT2D eigenvalue weighted by Gasteiger charge is 2.31. The standard InChI is InChI=1S/C16H17N3O5S/c20-16-12-4-5-19(9-13(12)17-10-18-16)25(21,22)11-2-3-14-15(8-11)24-7-1-6-23-14/h2-3,8,10H,1,4-7,9H2,(H,17,18,20). The van der Waals surface area contributed by atoms with Crippen LogP contribution in [-0.2, 0) is 23.0 Å².